The van der Waals surface area contributed by atoms with Gasteiger partial charge >= 0.3 is 0 Å². The van der Waals surface area contributed by atoms with E-state index in [1.807, 2.05) is 0 Å². The molecule has 0 heterocycles. The van der Waals surface area contributed by atoms with Crippen molar-refractivity contribution in [2.45, 2.75) is 53.4 Å². The molecule has 13 heavy (non-hydrogen) atoms. The van der Waals surface area contributed by atoms with Gasteiger partial charge in [0.1, 0.15) is 0 Å². The number of aliphatic hydroxyl groups excluding tert-OH is 1. The Kier molecular flexibility index (Phi) is 31.6. The van der Waals surface area contributed by atoms with Crippen LogP contribution >= 0.6 is 0 Å². The zero-order valence-corrected chi connectivity index (χ0v) is 9.34. The molecule has 0 saturated heterocycles. The SMILES string of the molecule is CC(=O)O.CCCCCC.CCO. The van der Waals surface area contributed by atoms with E-state index in [2.05, 4.69) is 13.8 Å². The van der Waals surface area contributed by atoms with Gasteiger partial charge in [0, 0.05) is 13.5 Å². The van der Waals surface area contributed by atoms with Gasteiger partial charge in [-0.05, 0) is 6.92 Å². The van der Waals surface area contributed by atoms with Gasteiger partial charge in [0.15, 0.2) is 0 Å². The fourth-order valence-corrected chi connectivity index (χ4v) is 0.500. The van der Waals surface area contributed by atoms with Crippen LogP contribution in [0.4, 0.5) is 0 Å². The van der Waals surface area contributed by atoms with E-state index in [0.29, 0.717) is 0 Å². The molecule has 3 nitrogen and oxygen atoms in total. The fraction of sp³-hybridized carbons (Fsp3) is 0.900. The second-order valence-corrected chi connectivity index (χ2v) is 2.54. The van der Waals surface area contributed by atoms with Crippen molar-refractivity contribution >= 4 is 5.97 Å². The molecule has 2 N–H and O–H groups in total. The van der Waals surface area contributed by atoms with Crippen LogP contribution in [-0.2, 0) is 4.79 Å². The summed E-state index contributed by atoms with van der Waals surface area (Å²) in [6.07, 6.45) is 5.54. The minimum atomic E-state index is -0.833. The van der Waals surface area contributed by atoms with Crippen LogP contribution in [0.2, 0.25) is 0 Å². The number of carbonyl (C=O) groups is 1. The number of hydrogen-bond acceptors (Lipinski definition) is 2. The van der Waals surface area contributed by atoms with E-state index in [4.69, 9.17) is 15.0 Å². The Morgan fingerprint density at radius 3 is 1.31 bits per heavy atom. The largest absolute Gasteiger partial charge is 0.481 e. The minimum Gasteiger partial charge on any atom is -0.481 e. The summed E-state index contributed by atoms with van der Waals surface area (Å²) in [4.78, 5) is 9.00. The summed E-state index contributed by atoms with van der Waals surface area (Å²) in [5.74, 6) is -0.833. The van der Waals surface area contributed by atoms with Crippen molar-refractivity contribution in [2.75, 3.05) is 6.61 Å². The maximum Gasteiger partial charge on any atom is 0.300 e. The molecular weight excluding hydrogens is 168 g/mol. The minimum absolute atomic E-state index is 0.250. The highest BCUT2D eigenvalue weighted by Crippen LogP contribution is 1.95. The Morgan fingerprint density at radius 1 is 1.08 bits per heavy atom. The third-order valence-corrected chi connectivity index (χ3v) is 0.957. The molecule has 0 spiro atoms. The van der Waals surface area contributed by atoms with E-state index < -0.39 is 5.97 Å². The Bertz CT molecular complexity index is 74.2. The number of rotatable bonds is 3. The molecule has 0 aromatic rings. The van der Waals surface area contributed by atoms with Gasteiger partial charge in [-0.2, -0.15) is 0 Å². The first kappa shape index (κ1) is 18.3. The molecule has 0 aliphatic heterocycles. The molecule has 0 bridgehead atoms. The van der Waals surface area contributed by atoms with Crippen LogP contribution in [0.25, 0.3) is 0 Å². The second kappa shape index (κ2) is 22.5. The maximum absolute atomic E-state index is 9.00. The standard InChI is InChI=1S/C6H14.C2H4O2.C2H6O/c1-3-5-6-4-2;1-2(3)4;1-2-3/h3-6H2,1-2H3;1H3,(H,3,4);3H,2H2,1H3. The van der Waals surface area contributed by atoms with Crippen molar-refractivity contribution in [3.05, 3.63) is 0 Å². The van der Waals surface area contributed by atoms with E-state index in [1.165, 1.54) is 25.7 Å². The highest BCUT2D eigenvalue weighted by atomic mass is 16.4. The normalized spacial score (nSPS) is 7.46. The average molecular weight is 192 g/mol. The van der Waals surface area contributed by atoms with E-state index in [9.17, 15) is 0 Å². The van der Waals surface area contributed by atoms with Gasteiger partial charge in [0.2, 0.25) is 0 Å². The molecule has 0 unspecified atom stereocenters. The van der Waals surface area contributed by atoms with Crippen LogP contribution in [0.3, 0.4) is 0 Å². The van der Waals surface area contributed by atoms with Gasteiger partial charge in [-0.1, -0.05) is 39.5 Å². The first-order chi connectivity index (χ1) is 6.06. The number of hydrogen-bond donors (Lipinski definition) is 2. The number of aliphatic hydroxyl groups is 1. The molecule has 0 aromatic carbocycles. The summed E-state index contributed by atoms with van der Waals surface area (Å²) in [7, 11) is 0. The van der Waals surface area contributed by atoms with Gasteiger partial charge in [-0.3, -0.25) is 4.79 Å². The number of carboxylic acid groups (broad SMARTS) is 1. The van der Waals surface area contributed by atoms with Gasteiger partial charge in [-0.25, -0.2) is 0 Å². The smallest absolute Gasteiger partial charge is 0.300 e. The molecule has 0 saturated carbocycles. The van der Waals surface area contributed by atoms with E-state index in [-0.39, 0.29) is 6.61 Å². The molecule has 0 radical (unpaired) electrons. The van der Waals surface area contributed by atoms with Crippen molar-refractivity contribution < 1.29 is 15.0 Å². The van der Waals surface area contributed by atoms with Crippen LogP contribution in [0.1, 0.15) is 53.4 Å². The van der Waals surface area contributed by atoms with Crippen LogP contribution in [0.5, 0.6) is 0 Å². The zero-order chi connectivity index (χ0) is 11.1. The number of unbranched alkanes of at least 4 members (excludes halogenated alkanes) is 3. The summed E-state index contributed by atoms with van der Waals surface area (Å²) in [5, 5.41) is 15.0. The van der Waals surface area contributed by atoms with Gasteiger partial charge in [-0.15, -0.1) is 0 Å². The van der Waals surface area contributed by atoms with Crippen molar-refractivity contribution in [3.63, 3.8) is 0 Å². The van der Waals surface area contributed by atoms with Crippen LogP contribution in [-0.4, -0.2) is 22.8 Å². The van der Waals surface area contributed by atoms with Crippen LogP contribution in [0, 0.1) is 0 Å². The summed E-state index contributed by atoms with van der Waals surface area (Å²) in [6.45, 7) is 7.48. The quantitative estimate of drug-likeness (QED) is 0.676. The van der Waals surface area contributed by atoms with Crippen molar-refractivity contribution in [2.24, 2.45) is 0 Å². The summed E-state index contributed by atoms with van der Waals surface area (Å²) < 4.78 is 0. The zero-order valence-electron chi connectivity index (χ0n) is 9.34. The molecule has 82 valence electrons. The summed E-state index contributed by atoms with van der Waals surface area (Å²) >= 11 is 0. The molecule has 0 rings (SSSR count). The van der Waals surface area contributed by atoms with Crippen LogP contribution < -0.4 is 0 Å². The molecule has 0 aliphatic rings. The van der Waals surface area contributed by atoms with Gasteiger partial charge in [0.25, 0.3) is 5.97 Å². The first-order valence-electron chi connectivity index (χ1n) is 4.87. The predicted molar refractivity (Wildman–Crippen MR) is 55.9 cm³/mol. The molecule has 0 atom stereocenters. The average Bonchev–Trinajstić information content (AvgIpc) is 2.01. The molecule has 0 amide bonds. The first-order valence-corrected chi connectivity index (χ1v) is 4.87. The lowest BCUT2D eigenvalue weighted by atomic mass is 10.2. The molecule has 0 fully saturated rings. The molecular formula is C10H24O3. The monoisotopic (exact) mass is 192 g/mol. The van der Waals surface area contributed by atoms with Crippen molar-refractivity contribution in [1.82, 2.24) is 0 Å². The van der Waals surface area contributed by atoms with E-state index in [1.54, 1.807) is 6.92 Å². The highest BCUT2D eigenvalue weighted by Gasteiger charge is 1.75. The lowest BCUT2D eigenvalue weighted by molar-refractivity contribution is -0.134. The third-order valence-electron chi connectivity index (χ3n) is 0.957. The fourth-order valence-electron chi connectivity index (χ4n) is 0.500. The lowest BCUT2D eigenvalue weighted by Gasteiger charge is -1.86. The van der Waals surface area contributed by atoms with Crippen molar-refractivity contribution in [3.8, 4) is 0 Å². The Labute approximate surface area is 81.8 Å². The van der Waals surface area contributed by atoms with Crippen molar-refractivity contribution in [1.29, 1.82) is 0 Å². The van der Waals surface area contributed by atoms with Crippen LogP contribution in [0.15, 0.2) is 0 Å². The summed E-state index contributed by atoms with van der Waals surface area (Å²) in [6, 6.07) is 0. The number of aliphatic carboxylic acids is 1. The highest BCUT2D eigenvalue weighted by molar-refractivity contribution is 5.62. The molecule has 3 heteroatoms. The summed E-state index contributed by atoms with van der Waals surface area (Å²) in [5.41, 5.74) is 0. The predicted octanol–water partition coefficient (Wildman–Crippen LogP) is 2.68. The van der Waals surface area contributed by atoms with Gasteiger partial charge < -0.3 is 10.2 Å². The molecule has 0 aliphatic carbocycles. The molecule has 0 aromatic heterocycles. The number of carboxylic acids is 1. The topological polar surface area (TPSA) is 57.5 Å². The van der Waals surface area contributed by atoms with E-state index >= 15 is 0 Å². The Morgan fingerprint density at radius 2 is 1.23 bits per heavy atom. The Balaban J connectivity index is -0.000000125. The van der Waals surface area contributed by atoms with E-state index in [0.717, 1.165) is 6.92 Å². The lowest BCUT2D eigenvalue weighted by Crippen LogP contribution is -1.78. The van der Waals surface area contributed by atoms with Gasteiger partial charge in [0.05, 0.1) is 0 Å². The Hall–Kier alpha value is -0.570. The maximum atomic E-state index is 9.00. The second-order valence-electron chi connectivity index (χ2n) is 2.54. The third kappa shape index (κ3) is 172.